The van der Waals surface area contributed by atoms with E-state index in [2.05, 4.69) is 0 Å². The van der Waals surface area contributed by atoms with Crippen molar-refractivity contribution in [3.63, 3.8) is 0 Å². The first-order valence-corrected chi connectivity index (χ1v) is 6.64. The summed E-state index contributed by atoms with van der Waals surface area (Å²) in [6.07, 6.45) is -0.0799. The highest BCUT2D eigenvalue weighted by molar-refractivity contribution is 5.91. The van der Waals surface area contributed by atoms with Crippen molar-refractivity contribution in [1.29, 1.82) is 0 Å². The fraction of sp³-hybridized carbons (Fsp3) is 0.235. The molecule has 110 valence electrons. The molecule has 0 spiro atoms. The molecule has 0 aliphatic heterocycles. The van der Waals surface area contributed by atoms with E-state index in [0.29, 0.717) is 5.69 Å². The summed E-state index contributed by atoms with van der Waals surface area (Å²) in [6.45, 7) is 3.56. The number of hydrogen-bond donors (Lipinski definition) is 1. The van der Waals surface area contributed by atoms with Gasteiger partial charge in [-0.1, -0.05) is 18.2 Å². The van der Waals surface area contributed by atoms with Crippen molar-refractivity contribution >= 4 is 11.5 Å². The van der Waals surface area contributed by atoms with Gasteiger partial charge in [0.2, 0.25) is 0 Å². The highest BCUT2D eigenvalue weighted by Crippen LogP contribution is 2.27. The predicted molar refractivity (Wildman–Crippen MR) is 78.9 cm³/mol. The van der Waals surface area contributed by atoms with Crippen molar-refractivity contribution in [2.75, 3.05) is 5.73 Å². The zero-order chi connectivity index (χ0) is 15.6. The molecule has 0 unspecified atom stereocenters. The molecule has 0 atom stereocenters. The molecule has 0 saturated carbocycles. The van der Waals surface area contributed by atoms with Gasteiger partial charge in [-0.3, -0.25) is 4.79 Å². The van der Waals surface area contributed by atoms with E-state index in [1.165, 1.54) is 6.07 Å². The first-order chi connectivity index (χ1) is 9.80. The van der Waals surface area contributed by atoms with Crippen molar-refractivity contribution in [3.8, 4) is 0 Å². The van der Waals surface area contributed by atoms with Crippen molar-refractivity contribution < 1.29 is 13.6 Å². The van der Waals surface area contributed by atoms with Gasteiger partial charge in [0.1, 0.15) is 17.4 Å². The number of benzene rings is 2. The molecule has 0 heterocycles. The number of Topliss-reactive ketones (excluding diaryl/α,β-unsaturated/α-hetero) is 1. The maximum Gasteiger partial charge on any atom is 0.147 e. The van der Waals surface area contributed by atoms with E-state index in [-0.39, 0.29) is 17.8 Å². The number of nitrogen functional groups attached to an aromatic ring is 1. The molecule has 0 aliphatic rings. The van der Waals surface area contributed by atoms with E-state index < -0.39 is 17.0 Å². The summed E-state index contributed by atoms with van der Waals surface area (Å²) < 4.78 is 26.5. The topological polar surface area (TPSA) is 43.1 Å². The van der Waals surface area contributed by atoms with Gasteiger partial charge in [0.15, 0.2) is 0 Å². The lowest BCUT2D eigenvalue weighted by atomic mass is 9.78. The van der Waals surface area contributed by atoms with Crippen molar-refractivity contribution in [2.45, 2.75) is 25.7 Å². The van der Waals surface area contributed by atoms with Crippen LogP contribution in [0.3, 0.4) is 0 Å². The summed E-state index contributed by atoms with van der Waals surface area (Å²) in [4.78, 5) is 12.5. The number of carbonyl (C=O) groups excluding carboxylic acids is 1. The van der Waals surface area contributed by atoms with Gasteiger partial charge in [-0.25, -0.2) is 8.78 Å². The van der Waals surface area contributed by atoms with E-state index in [9.17, 15) is 13.6 Å². The monoisotopic (exact) mass is 289 g/mol. The maximum atomic E-state index is 13.6. The average molecular weight is 289 g/mol. The summed E-state index contributed by atoms with van der Waals surface area (Å²) in [7, 11) is 0. The zero-order valence-electron chi connectivity index (χ0n) is 12.0. The average Bonchev–Trinajstić information content (AvgIpc) is 2.42. The Balaban J connectivity index is 2.24. The number of nitrogens with two attached hydrogens (primary N) is 1. The smallest absolute Gasteiger partial charge is 0.147 e. The van der Waals surface area contributed by atoms with Crippen LogP contribution >= 0.6 is 0 Å². The lowest BCUT2D eigenvalue weighted by Gasteiger charge is -2.24. The molecule has 0 aromatic heterocycles. The van der Waals surface area contributed by atoms with Crippen LogP contribution in [0.5, 0.6) is 0 Å². The molecule has 0 bridgehead atoms. The Morgan fingerprint density at radius 2 is 1.71 bits per heavy atom. The summed E-state index contributed by atoms with van der Waals surface area (Å²) in [5.74, 6) is -1.49. The SMILES string of the molecule is CC(C)(C(=O)Cc1ccc(F)cc1F)c1ccc(N)cc1. The number of hydrogen-bond acceptors (Lipinski definition) is 2. The van der Waals surface area contributed by atoms with Gasteiger partial charge in [0.05, 0.1) is 0 Å². The summed E-state index contributed by atoms with van der Waals surface area (Å²) in [5.41, 5.74) is 6.49. The van der Waals surface area contributed by atoms with E-state index in [1.807, 2.05) is 0 Å². The minimum absolute atomic E-state index is 0.0799. The third-order valence-corrected chi connectivity index (χ3v) is 3.70. The Morgan fingerprint density at radius 1 is 1.10 bits per heavy atom. The third kappa shape index (κ3) is 3.27. The van der Waals surface area contributed by atoms with Gasteiger partial charge >= 0.3 is 0 Å². The van der Waals surface area contributed by atoms with Gasteiger partial charge in [-0.05, 0) is 43.2 Å². The van der Waals surface area contributed by atoms with Gasteiger partial charge in [-0.2, -0.15) is 0 Å². The quantitative estimate of drug-likeness (QED) is 0.873. The van der Waals surface area contributed by atoms with Crippen LogP contribution in [0.25, 0.3) is 0 Å². The van der Waals surface area contributed by atoms with Gasteiger partial charge in [0, 0.05) is 23.6 Å². The molecule has 0 saturated heterocycles. The second-order valence-corrected chi connectivity index (χ2v) is 5.58. The highest BCUT2D eigenvalue weighted by atomic mass is 19.1. The molecular weight excluding hydrogens is 272 g/mol. The molecule has 2 N–H and O–H groups in total. The predicted octanol–water partition coefficient (Wildman–Crippen LogP) is 3.64. The molecule has 2 rings (SSSR count). The highest BCUT2D eigenvalue weighted by Gasteiger charge is 2.29. The lowest BCUT2D eigenvalue weighted by Crippen LogP contribution is -2.30. The second-order valence-electron chi connectivity index (χ2n) is 5.58. The van der Waals surface area contributed by atoms with Crippen LogP contribution in [0.2, 0.25) is 0 Å². The van der Waals surface area contributed by atoms with Crippen LogP contribution in [0.15, 0.2) is 42.5 Å². The minimum Gasteiger partial charge on any atom is -0.399 e. The Morgan fingerprint density at radius 3 is 2.29 bits per heavy atom. The molecule has 4 heteroatoms. The molecule has 21 heavy (non-hydrogen) atoms. The molecule has 2 aromatic carbocycles. The van der Waals surface area contributed by atoms with Gasteiger partial charge in [-0.15, -0.1) is 0 Å². The van der Waals surface area contributed by atoms with Crippen LogP contribution < -0.4 is 5.73 Å². The molecule has 2 aromatic rings. The van der Waals surface area contributed by atoms with Crippen LogP contribution in [0, 0.1) is 11.6 Å². The normalized spacial score (nSPS) is 11.4. The number of ketones is 1. The molecule has 0 amide bonds. The third-order valence-electron chi connectivity index (χ3n) is 3.70. The summed E-state index contributed by atoms with van der Waals surface area (Å²) in [6, 6.07) is 10.3. The molecular formula is C17H17F2NO. The first kappa shape index (κ1) is 15.2. The lowest BCUT2D eigenvalue weighted by molar-refractivity contribution is -0.122. The van der Waals surface area contributed by atoms with E-state index in [1.54, 1.807) is 38.1 Å². The second kappa shape index (κ2) is 5.64. The largest absolute Gasteiger partial charge is 0.399 e. The fourth-order valence-corrected chi connectivity index (χ4v) is 2.12. The van der Waals surface area contributed by atoms with Crippen molar-refractivity contribution in [1.82, 2.24) is 0 Å². The van der Waals surface area contributed by atoms with E-state index in [0.717, 1.165) is 17.7 Å². The van der Waals surface area contributed by atoms with Crippen LogP contribution in [0.1, 0.15) is 25.0 Å². The standard InChI is InChI=1S/C17H17F2NO/c1-17(2,12-4-7-14(20)8-5-12)16(21)9-11-3-6-13(18)10-15(11)19/h3-8,10H,9,20H2,1-2H3. The van der Waals surface area contributed by atoms with Crippen LogP contribution in [0.4, 0.5) is 14.5 Å². The fourth-order valence-electron chi connectivity index (χ4n) is 2.12. The number of anilines is 1. The number of halogens is 2. The summed E-state index contributed by atoms with van der Waals surface area (Å²) in [5, 5.41) is 0. The minimum atomic E-state index is -0.769. The van der Waals surface area contributed by atoms with E-state index in [4.69, 9.17) is 5.73 Å². The number of rotatable bonds is 4. The van der Waals surface area contributed by atoms with E-state index >= 15 is 0 Å². The molecule has 2 nitrogen and oxygen atoms in total. The maximum absolute atomic E-state index is 13.6. The van der Waals surface area contributed by atoms with Crippen molar-refractivity contribution in [3.05, 3.63) is 65.2 Å². The number of carbonyl (C=O) groups is 1. The Hall–Kier alpha value is -2.23. The summed E-state index contributed by atoms with van der Waals surface area (Å²) >= 11 is 0. The van der Waals surface area contributed by atoms with Crippen LogP contribution in [-0.2, 0) is 16.6 Å². The Labute approximate surface area is 122 Å². The van der Waals surface area contributed by atoms with Crippen molar-refractivity contribution in [2.24, 2.45) is 0 Å². The molecule has 0 radical (unpaired) electrons. The van der Waals surface area contributed by atoms with Crippen LogP contribution in [-0.4, -0.2) is 5.78 Å². The molecule has 0 aliphatic carbocycles. The first-order valence-electron chi connectivity index (χ1n) is 6.64. The Kier molecular flexibility index (Phi) is 4.07. The zero-order valence-corrected chi connectivity index (χ0v) is 12.0. The van der Waals surface area contributed by atoms with Gasteiger partial charge in [0.25, 0.3) is 0 Å². The van der Waals surface area contributed by atoms with Gasteiger partial charge < -0.3 is 5.73 Å². The Bertz CT molecular complexity index is 663. The molecule has 0 fully saturated rings.